The minimum absolute atomic E-state index is 0.236. The maximum absolute atomic E-state index is 6.06. The maximum atomic E-state index is 6.06. The van der Waals surface area contributed by atoms with Gasteiger partial charge in [0, 0.05) is 5.92 Å². The van der Waals surface area contributed by atoms with Gasteiger partial charge >= 0.3 is 0 Å². The zero-order valence-corrected chi connectivity index (χ0v) is 11.3. The van der Waals surface area contributed by atoms with E-state index >= 15 is 0 Å². The van der Waals surface area contributed by atoms with Gasteiger partial charge in [-0.1, -0.05) is 33.3 Å². The molecule has 0 bridgehead atoms. The van der Waals surface area contributed by atoms with Gasteiger partial charge in [0.15, 0.2) is 5.79 Å². The lowest BCUT2D eigenvalue weighted by Crippen LogP contribution is -2.51. The lowest BCUT2D eigenvalue weighted by Gasteiger charge is -2.46. The van der Waals surface area contributed by atoms with E-state index < -0.39 is 5.79 Å². The van der Waals surface area contributed by atoms with Crippen LogP contribution < -0.4 is 0 Å². The molecule has 1 heterocycles. The van der Waals surface area contributed by atoms with E-state index in [4.69, 9.17) is 9.47 Å². The van der Waals surface area contributed by atoms with E-state index in [-0.39, 0.29) is 6.10 Å². The van der Waals surface area contributed by atoms with Crippen molar-refractivity contribution in [1.82, 2.24) is 0 Å². The number of hydrogen-bond acceptors (Lipinski definition) is 2. The molecule has 2 nitrogen and oxygen atoms in total. The lowest BCUT2D eigenvalue weighted by molar-refractivity contribution is -0.326. The second kappa shape index (κ2) is 5.33. The van der Waals surface area contributed by atoms with E-state index in [0.717, 1.165) is 12.8 Å². The minimum atomic E-state index is -0.464. The summed E-state index contributed by atoms with van der Waals surface area (Å²) in [5.74, 6) is 0.542. The summed E-state index contributed by atoms with van der Waals surface area (Å²) in [5, 5.41) is 0. The smallest absolute Gasteiger partial charge is 0.163 e. The highest BCUT2D eigenvalue weighted by molar-refractivity contribution is 4.88. The molecule has 1 saturated heterocycles. The van der Waals surface area contributed by atoms with Crippen molar-refractivity contribution in [1.29, 1.82) is 0 Å². The summed E-state index contributed by atoms with van der Waals surface area (Å²) < 4.78 is 12.0. The fourth-order valence-electron chi connectivity index (χ4n) is 2.44. The van der Waals surface area contributed by atoms with E-state index in [2.05, 4.69) is 27.4 Å². The van der Waals surface area contributed by atoms with Crippen LogP contribution in [0.25, 0.3) is 0 Å². The average Bonchev–Trinajstić information content (AvgIpc) is 2.22. The molecule has 0 N–H and O–H groups in total. The van der Waals surface area contributed by atoms with Gasteiger partial charge in [-0.05, 0) is 26.2 Å². The lowest BCUT2D eigenvalue weighted by atomic mass is 9.85. The molecule has 0 aliphatic carbocycles. The van der Waals surface area contributed by atoms with Crippen LogP contribution in [0.15, 0.2) is 12.7 Å². The Bertz CT molecular complexity index is 235. The highest BCUT2D eigenvalue weighted by atomic mass is 16.7. The van der Waals surface area contributed by atoms with Crippen molar-refractivity contribution in [3.8, 4) is 0 Å². The van der Waals surface area contributed by atoms with Gasteiger partial charge in [-0.2, -0.15) is 0 Å². The quantitative estimate of drug-likeness (QED) is 0.679. The summed E-state index contributed by atoms with van der Waals surface area (Å²) in [7, 11) is 0. The molecule has 0 spiro atoms. The van der Waals surface area contributed by atoms with Crippen molar-refractivity contribution in [2.75, 3.05) is 0 Å². The van der Waals surface area contributed by atoms with Crippen LogP contribution >= 0.6 is 0 Å². The van der Waals surface area contributed by atoms with Crippen LogP contribution in [0.2, 0.25) is 0 Å². The van der Waals surface area contributed by atoms with E-state index in [0.29, 0.717) is 17.9 Å². The van der Waals surface area contributed by atoms with Gasteiger partial charge in [0.2, 0.25) is 0 Å². The van der Waals surface area contributed by atoms with Crippen molar-refractivity contribution in [3.05, 3.63) is 12.7 Å². The number of ether oxygens (including phenoxy) is 2. The first-order valence-electron chi connectivity index (χ1n) is 6.37. The SMILES string of the molecule is C=CC[C@@H]1OC(C)(C)O[C@@H]([C@@H](C)CC)[C@H]1C. The molecule has 1 rings (SSSR count). The second-order valence-electron chi connectivity index (χ2n) is 5.41. The standard InChI is InChI=1S/C14H26O2/c1-7-9-12-11(4)13(10(3)8-2)16-14(5,6)15-12/h7,10-13H,1,8-9H2,2-6H3/t10-,11-,12-,13-/m0/s1. The van der Waals surface area contributed by atoms with Gasteiger partial charge in [0.1, 0.15) is 0 Å². The van der Waals surface area contributed by atoms with Crippen molar-refractivity contribution < 1.29 is 9.47 Å². The Morgan fingerprint density at radius 3 is 2.50 bits per heavy atom. The van der Waals surface area contributed by atoms with Gasteiger partial charge in [-0.3, -0.25) is 0 Å². The Kier molecular flexibility index (Phi) is 4.57. The highest BCUT2D eigenvalue weighted by Crippen LogP contribution is 2.36. The van der Waals surface area contributed by atoms with Crippen LogP contribution in [0.4, 0.5) is 0 Å². The third-order valence-electron chi connectivity index (χ3n) is 3.56. The molecule has 2 heteroatoms. The third-order valence-corrected chi connectivity index (χ3v) is 3.56. The van der Waals surface area contributed by atoms with Crippen LogP contribution in [0.5, 0.6) is 0 Å². The van der Waals surface area contributed by atoms with E-state index in [1.54, 1.807) is 0 Å². The number of rotatable bonds is 4. The van der Waals surface area contributed by atoms with Crippen molar-refractivity contribution in [2.45, 2.75) is 65.5 Å². The molecule has 0 unspecified atom stereocenters. The molecule has 0 aromatic carbocycles. The Morgan fingerprint density at radius 2 is 2.00 bits per heavy atom. The molecule has 1 aliphatic rings. The summed E-state index contributed by atoms with van der Waals surface area (Å²) in [6.45, 7) is 14.5. The molecular weight excluding hydrogens is 200 g/mol. The van der Waals surface area contributed by atoms with Crippen LogP contribution in [0.3, 0.4) is 0 Å². The molecule has 0 radical (unpaired) electrons. The molecule has 0 amide bonds. The van der Waals surface area contributed by atoms with Crippen molar-refractivity contribution >= 4 is 0 Å². The third kappa shape index (κ3) is 3.08. The monoisotopic (exact) mass is 226 g/mol. The highest BCUT2D eigenvalue weighted by Gasteiger charge is 2.41. The summed E-state index contributed by atoms with van der Waals surface area (Å²) >= 11 is 0. The normalized spacial score (nSPS) is 35.7. The predicted octanol–water partition coefficient (Wildman–Crippen LogP) is 3.76. The second-order valence-corrected chi connectivity index (χ2v) is 5.41. The van der Waals surface area contributed by atoms with Crippen LogP contribution in [0, 0.1) is 11.8 Å². The predicted molar refractivity (Wildman–Crippen MR) is 67.3 cm³/mol. The van der Waals surface area contributed by atoms with Gasteiger partial charge in [0.25, 0.3) is 0 Å². The summed E-state index contributed by atoms with van der Waals surface area (Å²) in [5.41, 5.74) is 0. The topological polar surface area (TPSA) is 18.5 Å². The van der Waals surface area contributed by atoms with E-state index in [1.807, 2.05) is 19.9 Å². The van der Waals surface area contributed by atoms with Crippen LogP contribution in [-0.4, -0.2) is 18.0 Å². The minimum Gasteiger partial charge on any atom is -0.347 e. The molecular formula is C14H26O2. The first kappa shape index (κ1) is 13.7. The van der Waals surface area contributed by atoms with Crippen LogP contribution in [-0.2, 0) is 9.47 Å². The molecule has 4 atom stereocenters. The number of hydrogen-bond donors (Lipinski definition) is 0. The van der Waals surface area contributed by atoms with Crippen molar-refractivity contribution in [2.24, 2.45) is 11.8 Å². The first-order valence-corrected chi connectivity index (χ1v) is 6.37. The Labute approximate surface area is 100 Å². The zero-order chi connectivity index (χ0) is 12.3. The first-order chi connectivity index (χ1) is 7.41. The Balaban J connectivity index is 2.79. The zero-order valence-electron chi connectivity index (χ0n) is 11.3. The fourth-order valence-corrected chi connectivity index (χ4v) is 2.44. The van der Waals surface area contributed by atoms with Gasteiger partial charge in [-0.25, -0.2) is 0 Å². The maximum Gasteiger partial charge on any atom is 0.163 e. The van der Waals surface area contributed by atoms with Gasteiger partial charge < -0.3 is 9.47 Å². The molecule has 0 aromatic heterocycles. The van der Waals surface area contributed by atoms with Gasteiger partial charge in [-0.15, -0.1) is 6.58 Å². The van der Waals surface area contributed by atoms with E-state index in [9.17, 15) is 0 Å². The summed E-state index contributed by atoms with van der Waals surface area (Å²) in [4.78, 5) is 0. The fraction of sp³-hybridized carbons (Fsp3) is 0.857. The molecule has 1 fully saturated rings. The summed E-state index contributed by atoms with van der Waals surface area (Å²) in [6, 6.07) is 0. The Hall–Kier alpha value is -0.340. The van der Waals surface area contributed by atoms with Crippen molar-refractivity contribution in [3.63, 3.8) is 0 Å². The average molecular weight is 226 g/mol. The van der Waals surface area contributed by atoms with Gasteiger partial charge in [0.05, 0.1) is 12.2 Å². The molecule has 0 aromatic rings. The Morgan fingerprint density at radius 1 is 1.38 bits per heavy atom. The molecule has 0 saturated carbocycles. The summed E-state index contributed by atoms with van der Waals surface area (Å²) in [6.07, 6.45) is 4.52. The largest absolute Gasteiger partial charge is 0.347 e. The molecule has 94 valence electrons. The molecule has 1 aliphatic heterocycles. The molecule has 16 heavy (non-hydrogen) atoms. The van der Waals surface area contributed by atoms with E-state index in [1.165, 1.54) is 0 Å². The van der Waals surface area contributed by atoms with Crippen LogP contribution in [0.1, 0.15) is 47.5 Å².